The van der Waals surface area contributed by atoms with Crippen molar-refractivity contribution >= 4 is 21.4 Å². The number of hydrogen-bond acceptors (Lipinski definition) is 2. The first-order valence-electron chi connectivity index (χ1n) is 7.21. The maximum absolute atomic E-state index is 10.7. The van der Waals surface area contributed by atoms with Crippen molar-refractivity contribution < 1.29 is 5.11 Å². The lowest BCUT2D eigenvalue weighted by molar-refractivity contribution is 0.0578. The number of fused-ring (bicyclic) bond motifs is 1. The molecule has 0 spiro atoms. The molecule has 102 valence electrons. The Balaban J connectivity index is 1.84. The first kappa shape index (κ1) is 13.1. The van der Waals surface area contributed by atoms with E-state index in [0.29, 0.717) is 11.3 Å². The summed E-state index contributed by atoms with van der Waals surface area (Å²) in [7, 11) is 0. The van der Waals surface area contributed by atoms with Gasteiger partial charge in [0.2, 0.25) is 0 Å². The molecule has 1 N–H and O–H groups in total. The monoisotopic (exact) mass is 274 g/mol. The van der Waals surface area contributed by atoms with Crippen LogP contribution in [0.4, 0.5) is 0 Å². The van der Waals surface area contributed by atoms with E-state index in [1.165, 1.54) is 22.9 Å². The fourth-order valence-electron chi connectivity index (χ4n) is 3.24. The van der Waals surface area contributed by atoms with E-state index in [0.717, 1.165) is 18.4 Å². The second-order valence-electron chi connectivity index (χ2n) is 6.63. The van der Waals surface area contributed by atoms with Gasteiger partial charge in [0.05, 0.1) is 6.10 Å². The maximum atomic E-state index is 10.7. The van der Waals surface area contributed by atoms with Crippen LogP contribution in [0.5, 0.6) is 0 Å². The molecule has 1 saturated carbocycles. The molecule has 1 atom stereocenters. The Labute approximate surface area is 119 Å². The average molecular weight is 274 g/mol. The smallest absolute Gasteiger partial charge is 0.0832 e. The minimum Gasteiger partial charge on any atom is -0.388 e. The fourth-order valence-corrected chi connectivity index (χ4v) is 4.19. The molecule has 3 rings (SSSR count). The lowest BCUT2D eigenvalue weighted by Gasteiger charge is -2.36. The normalized spacial score (nSPS) is 21.6. The summed E-state index contributed by atoms with van der Waals surface area (Å²) >= 11 is 1.75. The predicted octanol–water partition coefficient (Wildman–Crippen LogP) is 5.15. The average Bonchev–Trinajstić information content (AvgIpc) is 2.86. The first-order valence-corrected chi connectivity index (χ1v) is 8.09. The van der Waals surface area contributed by atoms with Crippen molar-refractivity contribution in [2.24, 2.45) is 11.3 Å². The van der Waals surface area contributed by atoms with Crippen LogP contribution in [-0.2, 0) is 0 Å². The Bertz CT molecular complexity index is 559. The molecule has 0 radical (unpaired) electrons. The molecule has 0 aliphatic heterocycles. The second-order valence-corrected chi connectivity index (χ2v) is 7.55. The molecule has 1 nitrogen and oxygen atoms in total. The van der Waals surface area contributed by atoms with Crippen LogP contribution in [-0.4, -0.2) is 5.11 Å². The Morgan fingerprint density at radius 3 is 2.68 bits per heavy atom. The first-order chi connectivity index (χ1) is 9.07. The molecule has 1 aliphatic carbocycles. The third-order valence-electron chi connectivity index (χ3n) is 4.66. The molecule has 1 aromatic carbocycles. The highest BCUT2D eigenvalue weighted by Crippen LogP contribution is 2.44. The molecular weight excluding hydrogens is 252 g/mol. The maximum Gasteiger partial charge on any atom is 0.0832 e. The zero-order chi connectivity index (χ0) is 13.5. The van der Waals surface area contributed by atoms with Crippen molar-refractivity contribution in [2.45, 2.75) is 45.6 Å². The van der Waals surface area contributed by atoms with Gasteiger partial charge in [0.1, 0.15) is 0 Å². The Morgan fingerprint density at radius 2 is 1.95 bits per heavy atom. The topological polar surface area (TPSA) is 20.2 Å². The van der Waals surface area contributed by atoms with Gasteiger partial charge in [0.25, 0.3) is 0 Å². The summed E-state index contributed by atoms with van der Waals surface area (Å²) in [4.78, 5) is 0. The summed E-state index contributed by atoms with van der Waals surface area (Å²) in [6.07, 6.45) is 4.47. The molecule has 2 heteroatoms. The Morgan fingerprint density at radius 1 is 1.21 bits per heavy atom. The number of thiophene rings is 1. The summed E-state index contributed by atoms with van der Waals surface area (Å²) in [6, 6.07) is 8.44. The number of aliphatic hydroxyl groups excluding tert-OH is 1. The predicted molar refractivity (Wildman–Crippen MR) is 82.5 cm³/mol. The summed E-state index contributed by atoms with van der Waals surface area (Å²) in [6.45, 7) is 4.69. The van der Waals surface area contributed by atoms with E-state index in [4.69, 9.17) is 0 Å². The summed E-state index contributed by atoms with van der Waals surface area (Å²) in [5.41, 5.74) is 1.60. The van der Waals surface area contributed by atoms with Crippen LogP contribution in [0.15, 0.2) is 29.6 Å². The molecule has 0 bridgehead atoms. The van der Waals surface area contributed by atoms with Crippen molar-refractivity contribution in [3.05, 3.63) is 35.2 Å². The van der Waals surface area contributed by atoms with Crippen LogP contribution >= 0.6 is 11.3 Å². The van der Waals surface area contributed by atoms with Gasteiger partial charge in [-0.25, -0.2) is 0 Å². The minimum absolute atomic E-state index is 0.293. The van der Waals surface area contributed by atoms with Gasteiger partial charge in [-0.2, -0.15) is 0 Å². The molecule has 1 unspecified atom stereocenters. The Kier molecular flexibility index (Phi) is 3.40. The van der Waals surface area contributed by atoms with Crippen LogP contribution in [0.1, 0.15) is 51.2 Å². The van der Waals surface area contributed by atoms with Gasteiger partial charge in [0.15, 0.2) is 0 Å². The third-order valence-corrected chi connectivity index (χ3v) is 5.64. The number of benzene rings is 1. The molecule has 19 heavy (non-hydrogen) atoms. The molecule has 1 aliphatic rings. The van der Waals surface area contributed by atoms with Crippen LogP contribution in [0.25, 0.3) is 10.1 Å². The molecule has 1 heterocycles. The molecule has 0 saturated heterocycles. The second kappa shape index (κ2) is 4.92. The molecular formula is C17H22OS. The zero-order valence-corrected chi connectivity index (χ0v) is 12.5. The minimum atomic E-state index is -0.293. The van der Waals surface area contributed by atoms with E-state index in [2.05, 4.69) is 43.5 Å². The lowest BCUT2D eigenvalue weighted by atomic mass is 9.71. The third kappa shape index (κ3) is 2.56. The largest absolute Gasteiger partial charge is 0.388 e. The van der Waals surface area contributed by atoms with Crippen molar-refractivity contribution in [3.63, 3.8) is 0 Å². The molecule has 1 fully saturated rings. The Hall–Kier alpha value is -0.860. The van der Waals surface area contributed by atoms with Crippen LogP contribution in [0, 0.1) is 11.3 Å². The standard InChI is InChI=1S/C17H22OS/c1-17(2)9-6-12(7-10-17)15(18)14-5-3-4-13-8-11-19-16(13)14/h3-5,8,11-12,15,18H,6-7,9-10H2,1-2H3. The number of rotatable bonds is 2. The van der Waals surface area contributed by atoms with Gasteiger partial charge in [0, 0.05) is 4.70 Å². The van der Waals surface area contributed by atoms with E-state index in [-0.39, 0.29) is 6.10 Å². The van der Waals surface area contributed by atoms with Crippen molar-refractivity contribution in [1.82, 2.24) is 0 Å². The van der Waals surface area contributed by atoms with Gasteiger partial charge in [-0.3, -0.25) is 0 Å². The fraction of sp³-hybridized carbons (Fsp3) is 0.529. The molecule has 1 aromatic heterocycles. The van der Waals surface area contributed by atoms with E-state index < -0.39 is 0 Å². The zero-order valence-electron chi connectivity index (χ0n) is 11.7. The van der Waals surface area contributed by atoms with Crippen LogP contribution in [0.2, 0.25) is 0 Å². The van der Waals surface area contributed by atoms with Gasteiger partial charge < -0.3 is 5.11 Å². The highest BCUT2D eigenvalue weighted by atomic mass is 32.1. The molecule has 0 amide bonds. The van der Waals surface area contributed by atoms with E-state index in [9.17, 15) is 5.11 Å². The van der Waals surface area contributed by atoms with Gasteiger partial charge >= 0.3 is 0 Å². The lowest BCUT2D eigenvalue weighted by Crippen LogP contribution is -2.25. The number of aliphatic hydroxyl groups is 1. The van der Waals surface area contributed by atoms with E-state index >= 15 is 0 Å². The van der Waals surface area contributed by atoms with Gasteiger partial charge in [-0.15, -0.1) is 11.3 Å². The quantitative estimate of drug-likeness (QED) is 0.803. The van der Waals surface area contributed by atoms with Crippen molar-refractivity contribution in [3.8, 4) is 0 Å². The van der Waals surface area contributed by atoms with Crippen molar-refractivity contribution in [1.29, 1.82) is 0 Å². The van der Waals surface area contributed by atoms with Gasteiger partial charge in [-0.1, -0.05) is 32.0 Å². The van der Waals surface area contributed by atoms with E-state index in [1.54, 1.807) is 11.3 Å². The highest BCUT2D eigenvalue weighted by molar-refractivity contribution is 7.17. The highest BCUT2D eigenvalue weighted by Gasteiger charge is 2.31. The SMILES string of the molecule is CC1(C)CCC(C(O)c2cccc3ccsc23)CC1. The van der Waals surface area contributed by atoms with Crippen LogP contribution in [0.3, 0.4) is 0 Å². The summed E-state index contributed by atoms with van der Waals surface area (Å²) in [5, 5.41) is 14.1. The molecule has 2 aromatic rings. The summed E-state index contributed by atoms with van der Waals surface area (Å²) < 4.78 is 1.26. The van der Waals surface area contributed by atoms with Crippen LogP contribution < -0.4 is 0 Å². The van der Waals surface area contributed by atoms with Crippen molar-refractivity contribution in [2.75, 3.05) is 0 Å². The summed E-state index contributed by atoms with van der Waals surface area (Å²) in [5.74, 6) is 0.431. The number of hydrogen-bond donors (Lipinski definition) is 1. The van der Waals surface area contributed by atoms with Gasteiger partial charge in [-0.05, 0) is 59.4 Å². The van der Waals surface area contributed by atoms with E-state index in [1.807, 2.05) is 0 Å².